The molecule has 0 saturated carbocycles. The van der Waals surface area contributed by atoms with Crippen LogP contribution in [0.3, 0.4) is 0 Å². The summed E-state index contributed by atoms with van der Waals surface area (Å²) in [6.07, 6.45) is 3.85. The van der Waals surface area contributed by atoms with Crippen LogP contribution in [0.1, 0.15) is 83.0 Å². The maximum atomic E-state index is 13.7. The number of likely N-dealkylation sites (tertiary alicyclic amines) is 1. The Kier molecular flexibility index (Phi) is 7.89. The van der Waals surface area contributed by atoms with Crippen molar-refractivity contribution in [2.75, 3.05) is 31.1 Å². The molecule has 3 aromatic rings. The highest BCUT2D eigenvalue weighted by Crippen LogP contribution is 2.46. The standard InChI is InChI=1S/C34H36ClF3N4O2/c1-32(2)21-23-4-3-22(19-26(23)29(32)40-30(43)27-20-24(34(36,37)38)5-6-28(27)35)31(44)42-17-11-33(12-18-42)9-15-41(16-10-33)25-7-13-39-14-8-25/h3-8,13-14,19-20,29H,9-12,15-18,21H2,1-2H3,(H,40,43). The molecule has 10 heteroatoms. The first-order valence-electron chi connectivity index (χ1n) is 15.1. The molecule has 0 radical (unpaired) electrons. The first-order valence-corrected chi connectivity index (χ1v) is 15.5. The minimum Gasteiger partial charge on any atom is -0.371 e. The Hall–Kier alpha value is -3.59. The van der Waals surface area contributed by atoms with E-state index >= 15 is 0 Å². The molecule has 232 valence electrons. The SMILES string of the molecule is CC1(C)Cc2ccc(C(=O)N3CCC4(CC3)CCN(c3ccncc3)CC4)cc2C1NC(=O)c1cc(C(F)(F)F)ccc1Cl. The van der Waals surface area contributed by atoms with Gasteiger partial charge in [0.1, 0.15) is 0 Å². The van der Waals surface area contributed by atoms with E-state index in [4.69, 9.17) is 11.6 Å². The summed E-state index contributed by atoms with van der Waals surface area (Å²) in [5.41, 5.74) is 2.25. The lowest BCUT2D eigenvalue weighted by molar-refractivity contribution is -0.137. The fraction of sp³-hybridized carbons (Fsp3) is 0.441. The number of carbonyl (C=O) groups excluding carboxylic acids is 2. The van der Waals surface area contributed by atoms with Gasteiger partial charge in [0.2, 0.25) is 0 Å². The Morgan fingerprint density at radius 2 is 1.59 bits per heavy atom. The van der Waals surface area contributed by atoms with E-state index in [9.17, 15) is 22.8 Å². The topological polar surface area (TPSA) is 65.5 Å². The lowest BCUT2D eigenvalue weighted by atomic mass is 9.71. The number of anilines is 1. The van der Waals surface area contributed by atoms with E-state index in [1.165, 1.54) is 5.69 Å². The smallest absolute Gasteiger partial charge is 0.371 e. The predicted octanol–water partition coefficient (Wildman–Crippen LogP) is 7.33. The summed E-state index contributed by atoms with van der Waals surface area (Å²) >= 11 is 6.16. The number of carbonyl (C=O) groups is 2. The largest absolute Gasteiger partial charge is 0.416 e. The highest BCUT2D eigenvalue weighted by Gasteiger charge is 2.42. The zero-order valence-electron chi connectivity index (χ0n) is 24.9. The second-order valence-electron chi connectivity index (χ2n) is 13.2. The van der Waals surface area contributed by atoms with Gasteiger partial charge in [-0.2, -0.15) is 13.2 Å². The monoisotopic (exact) mass is 624 g/mol. The number of benzene rings is 2. The van der Waals surface area contributed by atoms with Crippen LogP contribution in [0.5, 0.6) is 0 Å². The number of piperidine rings is 2. The first-order chi connectivity index (χ1) is 20.9. The van der Waals surface area contributed by atoms with Crippen LogP contribution < -0.4 is 10.2 Å². The highest BCUT2D eigenvalue weighted by molar-refractivity contribution is 6.33. The highest BCUT2D eigenvalue weighted by atomic mass is 35.5. The van der Waals surface area contributed by atoms with Crippen molar-refractivity contribution in [1.82, 2.24) is 15.2 Å². The zero-order chi connectivity index (χ0) is 31.3. The van der Waals surface area contributed by atoms with E-state index in [2.05, 4.69) is 15.2 Å². The average molecular weight is 625 g/mol. The van der Waals surface area contributed by atoms with Gasteiger partial charge < -0.3 is 15.1 Å². The fourth-order valence-corrected chi connectivity index (χ4v) is 7.39. The number of amides is 2. The molecule has 3 heterocycles. The van der Waals surface area contributed by atoms with Gasteiger partial charge in [0.25, 0.3) is 11.8 Å². The number of aromatic nitrogens is 1. The zero-order valence-corrected chi connectivity index (χ0v) is 25.6. The maximum Gasteiger partial charge on any atom is 0.416 e. The van der Waals surface area contributed by atoms with Crippen molar-refractivity contribution >= 4 is 29.1 Å². The van der Waals surface area contributed by atoms with Gasteiger partial charge in [-0.15, -0.1) is 0 Å². The summed E-state index contributed by atoms with van der Waals surface area (Å²) in [6.45, 7) is 7.39. The van der Waals surface area contributed by atoms with Crippen molar-refractivity contribution < 1.29 is 22.8 Å². The predicted molar refractivity (Wildman–Crippen MR) is 164 cm³/mol. The number of alkyl halides is 3. The van der Waals surface area contributed by atoms with Crippen molar-refractivity contribution in [2.45, 2.75) is 58.2 Å². The molecule has 3 aliphatic rings. The molecule has 6 nitrogen and oxygen atoms in total. The van der Waals surface area contributed by atoms with Crippen LogP contribution in [-0.2, 0) is 12.6 Å². The average Bonchev–Trinajstić information content (AvgIpc) is 3.25. The van der Waals surface area contributed by atoms with Crippen LogP contribution in [0, 0.1) is 10.8 Å². The molecule has 2 amide bonds. The molecule has 2 saturated heterocycles. The molecule has 2 aliphatic heterocycles. The third kappa shape index (κ3) is 5.91. The minimum atomic E-state index is -4.60. The summed E-state index contributed by atoms with van der Waals surface area (Å²) < 4.78 is 40.0. The number of halogens is 4. The molecule has 6 rings (SSSR count). The Morgan fingerprint density at radius 3 is 2.25 bits per heavy atom. The van der Waals surface area contributed by atoms with Gasteiger partial charge in [0.15, 0.2) is 0 Å². The van der Waals surface area contributed by atoms with E-state index in [1.54, 1.807) is 0 Å². The molecule has 1 N–H and O–H groups in total. The number of nitrogens with zero attached hydrogens (tertiary/aromatic N) is 3. The number of hydrogen-bond donors (Lipinski definition) is 1. The molecule has 2 fully saturated rings. The van der Waals surface area contributed by atoms with E-state index in [1.807, 2.05) is 61.5 Å². The quantitative estimate of drug-likeness (QED) is 0.330. The molecule has 1 aromatic heterocycles. The minimum absolute atomic E-state index is 0.0347. The Balaban J connectivity index is 1.14. The Bertz CT molecular complexity index is 1560. The van der Waals surface area contributed by atoms with E-state index in [0.29, 0.717) is 25.1 Å². The molecule has 44 heavy (non-hydrogen) atoms. The molecule has 1 unspecified atom stereocenters. The lowest BCUT2D eigenvalue weighted by Gasteiger charge is -2.47. The summed E-state index contributed by atoms with van der Waals surface area (Å²) in [7, 11) is 0. The van der Waals surface area contributed by atoms with Crippen LogP contribution in [0.15, 0.2) is 60.9 Å². The normalized spacial score (nSPS) is 20.8. The van der Waals surface area contributed by atoms with E-state index in [-0.39, 0.29) is 21.9 Å². The van der Waals surface area contributed by atoms with Crippen LogP contribution in [-0.4, -0.2) is 47.9 Å². The summed E-state index contributed by atoms with van der Waals surface area (Å²) in [4.78, 5) is 35.4. The number of nitrogens with one attached hydrogen (secondary N) is 1. The van der Waals surface area contributed by atoms with Crippen LogP contribution >= 0.6 is 11.6 Å². The Morgan fingerprint density at radius 1 is 0.932 bits per heavy atom. The number of pyridine rings is 1. The Labute approximate surface area is 260 Å². The van der Waals surface area contributed by atoms with Crippen LogP contribution in [0.2, 0.25) is 5.02 Å². The molecular weight excluding hydrogens is 589 g/mol. The van der Waals surface area contributed by atoms with Gasteiger partial charge in [-0.3, -0.25) is 14.6 Å². The summed E-state index contributed by atoms with van der Waals surface area (Å²) in [5, 5.41) is 2.88. The van der Waals surface area contributed by atoms with Crippen LogP contribution in [0.4, 0.5) is 18.9 Å². The van der Waals surface area contributed by atoms with Crippen LogP contribution in [0.25, 0.3) is 0 Å². The summed E-state index contributed by atoms with van der Waals surface area (Å²) in [5.74, 6) is -0.715. The second-order valence-corrected chi connectivity index (χ2v) is 13.6. The van der Waals surface area contributed by atoms with Gasteiger partial charge in [-0.25, -0.2) is 0 Å². The van der Waals surface area contributed by atoms with E-state index < -0.39 is 29.1 Å². The number of rotatable bonds is 4. The molecule has 2 aromatic carbocycles. The van der Waals surface area contributed by atoms with Gasteiger partial charge in [0.05, 0.1) is 22.2 Å². The summed E-state index contributed by atoms with van der Waals surface area (Å²) in [6, 6.07) is 12.0. The van der Waals surface area contributed by atoms with Crippen molar-refractivity contribution in [3.8, 4) is 0 Å². The number of fused-ring (bicyclic) bond motifs is 1. The molecule has 1 aliphatic carbocycles. The molecule has 1 spiro atoms. The third-order valence-corrected chi connectivity index (χ3v) is 10.2. The maximum absolute atomic E-state index is 13.7. The molecule has 1 atom stereocenters. The first kappa shape index (κ1) is 30.4. The number of hydrogen-bond acceptors (Lipinski definition) is 4. The van der Waals surface area contributed by atoms with Crippen molar-refractivity contribution in [3.63, 3.8) is 0 Å². The fourth-order valence-electron chi connectivity index (χ4n) is 7.19. The second kappa shape index (κ2) is 11.4. The van der Waals surface area contributed by atoms with Crippen molar-refractivity contribution in [2.24, 2.45) is 10.8 Å². The van der Waals surface area contributed by atoms with E-state index in [0.717, 1.165) is 68.1 Å². The third-order valence-electron chi connectivity index (χ3n) is 9.91. The molecule has 0 bridgehead atoms. The van der Waals surface area contributed by atoms with Gasteiger partial charge >= 0.3 is 6.18 Å². The van der Waals surface area contributed by atoms with Gasteiger partial charge in [-0.05, 0) is 96.5 Å². The molecular formula is C34H36ClF3N4O2. The van der Waals surface area contributed by atoms with Crippen molar-refractivity contribution in [3.05, 3.63) is 93.8 Å². The lowest BCUT2D eigenvalue weighted by Crippen LogP contribution is -2.48. The van der Waals surface area contributed by atoms with Crippen molar-refractivity contribution in [1.29, 1.82) is 0 Å². The van der Waals surface area contributed by atoms with Gasteiger partial charge in [0, 0.05) is 49.8 Å². The van der Waals surface area contributed by atoms with Gasteiger partial charge in [-0.1, -0.05) is 31.5 Å².